The van der Waals surface area contributed by atoms with Crippen LogP contribution in [0.4, 0.5) is 11.1 Å². The number of Topliss-reactive ketones (excluding diaryl/α,β-unsaturated/α-hetero) is 1. The number of amides is 1. The molecule has 0 spiro atoms. The Labute approximate surface area is 165 Å². The fourth-order valence-corrected chi connectivity index (χ4v) is 3.33. The van der Waals surface area contributed by atoms with Gasteiger partial charge >= 0.3 is 0 Å². The van der Waals surface area contributed by atoms with Crippen molar-refractivity contribution in [3.8, 4) is 0 Å². The molecule has 3 heterocycles. The van der Waals surface area contributed by atoms with Crippen molar-refractivity contribution in [3.63, 3.8) is 0 Å². The Morgan fingerprint density at radius 1 is 1.41 bits per heavy atom. The second-order valence-electron chi connectivity index (χ2n) is 6.16. The molecule has 1 amide bonds. The summed E-state index contributed by atoms with van der Waals surface area (Å²) in [5.41, 5.74) is 0.857. The van der Waals surface area contributed by atoms with Gasteiger partial charge in [0.2, 0.25) is 5.95 Å². The Morgan fingerprint density at radius 3 is 2.85 bits per heavy atom. The molecule has 142 valence electrons. The summed E-state index contributed by atoms with van der Waals surface area (Å²) in [6.45, 7) is 6.64. The minimum absolute atomic E-state index is 0.0735. The van der Waals surface area contributed by atoms with Crippen molar-refractivity contribution < 1.29 is 9.59 Å². The van der Waals surface area contributed by atoms with Gasteiger partial charge in [0, 0.05) is 36.6 Å². The topological polar surface area (TPSA) is 100 Å². The summed E-state index contributed by atoms with van der Waals surface area (Å²) in [5.74, 6) is 0.297. The molecule has 0 radical (unpaired) electrons. The average molecular weight is 407 g/mol. The lowest BCUT2D eigenvalue weighted by Crippen LogP contribution is -2.32. The van der Waals surface area contributed by atoms with Gasteiger partial charge in [-0.15, -0.1) is 11.3 Å². The number of thiazole rings is 1. The molecule has 10 heteroatoms. The number of ketones is 1. The molecule has 0 unspecified atom stereocenters. The number of carbonyl (C=O) groups excluding carboxylic acids is 2. The highest BCUT2D eigenvalue weighted by Crippen LogP contribution is 2.20. The van der Waals surface area contributed by atoms with Crippen LogP contribution in [0.5, 0.6) is 0 Å². The van der Waals surface area contributed by atoms with E-state index < -0.39 is 0 Å². The zero-order valence-corrected chi connectivity index (χ0v) is 16.3. The van der Waals surface area contributed by atoms with Gasteiger partial charge in [-0.05, 0) is 13.3 Å². The third kappa shape index (κ3) is 5.01. The quantitative estimate of drug-likeness (QED) is 0.681. The maximum Gasteiger partial charge on any atom is 0.273 e. The molecule has 3 rings (SSSR count). The van der Waals surface area contributed by atoms with Crippen LogP contribution in [0, 0.1) is 0 Å². The summed E-state index contributed by atoms with van der Waals surface area (Å²) in [6, 6.07) is 0.0743. The van der Waals surface area contributed by atoms with Crippen molar-refractivity contribution in [2.45, 2.75) is 19.4 Å². The first-order valence-corrected chi connectivity index (χ1v) is 9.59. The normalized spacial score (nSPS) is 16.2. The Morgan fingerprint density at radius 2 is 2.15 bits per heavy atom. The third-order valence-corrected chi connectivity index (χ3v) is 5.10. The average Bonchev–Trinajstić information content (AvgIpc) is 3.30. The molecule has 1 fully saturated rings. The minimum atomic E-state index is -0.119. The maximum absolute atomic E-state index is 12.6. The van der Waals surface area contributed by atoms with Crippen LogP contribution in [0.3, 0.4) is 0 Å². The monoisotopic (exact) mass is 406 g/mol. The van der Waals surface area contributed by atoms with Gasteiger partial charge in [-0.2, -0.15) is 0 Å². The molecule has 2 N–H and O–H groups in total. The molecule has 0 aromatic carbocycles. The minimum Gasteiger partial charge on any atom is -0.357 e. The van der Waals surface area contributed by atoms with Crippen molar-refractivity contribution in [1.29, 1.82) is 0 Å². The summed E-state index contributed by atoms with van der Waals surface area (Å²) in [7, 11) is 0. The number of hydrogen-bond acceptors (Lipinski definition) is 8. The van der Waals surface area contributed by atoms with Gasteiger partial charge in [-0.3, -0.25) is 9.59 Å². The largest absolute Gasteiger partial charge is 0.357 e. The predicted molar refractivity (Wildman–Crippen MR) is 105 cm³/mol. The summed E-state index contributed by atoms with van der Waals surface area (Å²) >= 11 is 7.10. The van der Waals surface area contributed by atoms with E-state index in [1.165, 1.54) is 30.7 Å². The molecule has 2 aromatic heterocycles. The molecule has 1 atom stereocenters. The first-order valence-electron chi connectivity index (χ1n) is 8.34. The van der Waals surface area contributed by atoms with Crippen LogP contribution in [0.25, 0.3) is 0 Å². The van der Waals surface area contributed by atoms with Crippen LogP contribution in [-0.2, 0) is 4.79 Å². The summed E-state index contributed by atoms with van der Waals surface area (Å²) in [4.78, 5) is 38.1. The number of nitrogens with one attached hydrogen (secondary N) is 2. The molecule has 8 nitrogen and oxygen atoms in total. The number of likely N-dealkylation sites (tertiary alicyclic amines) is 1. The Kier molecular flexibility index (Phi) is 6.02. The van der Waals surface area contributed by atoms with E-state index in [-0.39, 0.29) is 17.7 Å². The van der Waals surface area contributed by atoms with E-state index in [9.17, 15) is 9.59 Å². The second kappa shape index (κ2) is 8.45. The molecule has 1 aliphatic rings. The van der Waals surface area contributed by atoms with E-state index in [1.807, 2.05) is 0 Å². The standard InChI is InChI=1S/C17H19ClN6O2S/c1-10(11(2)25)5-21-17-23-14(9-27-17)15(26)24-4-3-13(8-24)22-16-19-6-12(18)7-20-16/h6-7,9,13H,1,3-5,8H2,2H3,(H,21,23)(H,19,20,22)/t13-/m1/s1. The second-order valence-corrected chi connectivity index (χ2v) is 7.45. The Hall–Kier alpha value is -2.52. The Bertz CT molecular complexity index is 853. The van der Waals surface area contributed by atoms with Gasteiger partial charge in [-0.1, -0.05) is 18.2 Å². The molecule has 2 aromatic rings. The van der Waals surface area contributed by atoms with Gasteiger partial charge in [0.25, 0.3) is 5.91 Å². The molecule has 0 bridgehead atoms. The van der Waals surface area contributed by atoms with Crippen LogP contribution in [-0.4, -0.2) is 57.2 Å². The lowest BCUT2D eigenvalue weighted by molar-refractivity contribution is -0.113. The lowest BCUT2D eigenvalue weighted by atomic mass is 10.2. The lowest BCUT2D eigenvalue weighted by Gasteiger charge is -2.16. The molecule has 1 aliphatic heterocycles. The molecule has 0 saturated carbocycles. The van der Waals surface area contributed by atoms with Crippen LogP contribution in [0.2, 0.25) is 5.02 Å². The first-order chi connectivity index (χ1) is 12.9. The maximum atomic E-state index is 12.6. The number of carbonyl (C=O) groups is 2. The zero-order valence-electron chi connectivity index (χ0n) is 14.7. The van der Waals surface area contributed by atoms with Crippen molar-refractivity contribution in [2.24, 2.45) is 0 Å². The van der Waals surface area contributed by atoms with Crippen molar-refractivity contribution in [3.05, 3.63) is 40.6 Å². The van der Waals surface area contributed by atoms with Gasteiger partial charge in [0.1, 0.15) is 5.69 Å². The van der Waals surface area contributed by atoms with Gasteiger partial charge < -0.3 is 15.5 Å². The van der Waals surface area contributed by atoms with E-state index in [0.29, 0.717) is 47.0 Å². The molecule has 1 saturated heterocycles. The number of halogens is 1. The fourth-order valence-electron chi connectivity index (χ4n) is 2.55. The van der Waals surface area contributed by atoms with Gasteiger partial charge in [0.05, 0.1) is 17.4 Å². The van der Waals surface area contributed by atoms with E-state index in [2.05, 4.69) is 32.2 Å². The highest BCUT2D eigenvalue weighted by atomic mass is 35.5. The van der Waals surface area contributed by atoms with Gasteiger partial charge in [-0.25, -0.2) is 15.0 Å². The molecule has 27 heavy (non-hydrogen) atoms. The summed E-state index contributed by atoms with van der Waals surface area (Å²) < 4.78 is 0. The molecule has 0 aliphatic carbocycles. The van der Waals surface area contributed by atoms with Crippen molar-refractivity contribution in [1.82, 2.24) is 19.9 Å². The first kappa shape index (κ1) is 19.2. The van der Waals surface area contributed by atoms with Crippen LogP contribution < -0.4 is 10.6 Å². The number of nitrogens with zero attached hydrogens (tertiary/aromatic N) is 4. The van der Waals surface area contributed by atoms with Crippen LogP contribution in [0.1, 0.15) is 23.8 Å². The highest BCUT2D eigenvalue weighted by Gasteiger charge is 2.28. The molecular formula is C17H19ClN6O2S. The SMILES string of the molecule is C=C(CNc1nc(C(=O)N2CC[C@@H](Nc3ncc(Cl)cn3)C2)cs1)C(C)=O. The Balaban J connectivity index is 1.53. The molecular weight excluding hydrogens is 388 g/mol. The predicted octanol–water partition coefficient (Wildman–Crippen LogP) is 2.47. The number of anilines is 2. The van der Waals surface area contributed by atoms with E-state index in [1.54, 1.807) is 10.3 Å². The third-order valence-electron chi connectivity index (χ3n) is 4.10. The zero-order chi connectivity index (χ0) is 19.4. The summed E-state index contributed by atoms with van der Waals surface area (Å²) in [6.07, 6.45) is 3.85. The van der Waals surface area contributed by atoms with E-state index in [0.717, 1.165) is 6.42 Å². The highest BCUT2D eigenvalue weighted by molar-refractivity contribution is 7.13. The van der Waals surface area contributed by atoms with Crippen molar-refractivity contribution in [2.75, 3.05) is 30.3 Å². The van der Waals surface area contributed by atoms with Crippen LogP contribution in [0.15, 0.2) is 29.9 Å². The summed E-state index contributed by atoms with van der Waals surface area (Å²) in [5, 5.41) is 9.00. The van der Waals surface area contributed by atoms with E-state index in [4.69, 9.17) is 11.6 Å². The van der Waals surface area contributed by atoms with E-state index >= 15 is 0 Å². The van der Waals surface area contributed by atoms with Crippen LogP contribution >= 0.6 is 22.9 Å². The number of hydrogen-bond donors (Lipinski definition) is 2. The number of rotatable bonds is 7. The number of aromatic nitrogens is 3. The van der Waals surface area contributed by atoms with Crippen molar-refractivity contribution >= 4 is 45.7 Å². The smallest absolute Gasteiger partial charge is 0.273 e. The van der Waals surface area contributed by atoms with Gasteiger partial charge in [0.15, 0.2) is 10.9 Å². The fraction of sp³-hybridized carbons (Fsp3) is 0.353.